The molecule has 0 fully saturated rings. The van der Waals surface area contributed by atoms with Gasteiger partial charge in [0.1, 0.15) is 6.29 Å². The molecule has 0 aliphatic heterocycles. The van der Waals surface area contributed by atoms with Crippen LogP contribution in [0.25, 0.3) is 0 Å². The summed E-state index contributed by atoms with van der Waals surface area (Å²) in [6.45, 7) is 22.1. The minimum atomic E-state index is -2.06. The molecule has 0 aromatic rings. The standard InChI is InChI=1S/C32H56O5Si/c1-22(2)38(23(3)4,24(5)6)37-20-17-28-29(27(9)21-34)30(35)31(36)32(28,10)18-16-26(8)14-11-13-25(7)15-12-19-33/h13,16,19,22-24,27-28,34-35H,11-12,14-15,17-18,20-21H2,1-10H3/b25-13+,26-16+/t27-,28-,32+/m1/s1. The molecule has 0 spiro atoms. The van der Waals surface area contributed by atoms with Gasteiger partial charge in [-0.2, -0.15) is 0 Å². The predicted molar refractivity (Wildman–Crippen MR) is 161 cm³/mol. The number of hydrogen-bond acceptors (Lipinski definition) is 5. The Bertz CT molecular complexity index is 861. The molecule has 1 rings (SSSR count). The summed E-state index contributed by atoms with van der Waals surface area (Å²) in [5.74, 6) is -0.826. The van der Waals surface area contributed by atoms with Gasteiger partial charge in [-0.1, -0.05) is 78.7 Å². The van der Waals surface area contributed by atoms with E-state index in [0.717, 1.165) is 25.5 Å². The molecule has 218 valence electrons. The number of hydrogen-bond donors (Lipinski definition) is 2. The van der Waals surface area contributed by atoms with Crippen molar-refractivity contribution >= 4 is 20.4 Å². The van der Waals surface area contributed by atoms with Gasteiger partial charge in [0, 0.05) is 31.0 Å². The van der Waals surface area contributed by atoms with E-state index in [-0.39, 0.29) is 30.0 Å². The summed E-state index contributed by atoms with van der Waals surface area (Å²) in [5.41, 5.74) is 3.78. The van der Waals surface area contributed by atoms with Gasteiger partial charge in [-0.3, -0.25) is 4.79 Å². The van der Waals surface area contributed by atoms with E-state index in [4.69, 9.17) is 4.43 Å². The van der Waals surface area contributed by atoms with Crippen molar-refractivity contribution in [2.45, 2.75) is 124 Å². The van der Waals surface area contributed by atoms with E-state index >= 15 is 0 Å². The van der Waals surface area contributed by atoms with Crippen molar-refractivity contribution in [3.8, 4) is 0 Å². The molecule has 0 unspecified atom stereocenters. The average molecular weight is 549 g/mol. The van der Waals surface area contributed by atoms with Gasteiger partial charge in [0.15, 0.2) is 14.1 Å². The minimum Gasteiger partial charge on any atom is -0.504 e. The van der Waals surface area contributed by atoms with Crippen LogP contribution < -0.4 is 0 Å². The molecular formula is C32H56O5Si. The lowest BCUT2D eigenvalue weighted by atomic mass is 9.70. The summed E-state index contributed by atoms with van der Waals surface area (Å²) in [6.07, 6.45) is 9.63. The van der Waals surface area contributed by atoms with Crippen molar-refractivity contribution < 1.29 is 24.2 Å². The molecule has 0 heterocycles. The molecule has 0 saturated carbocycles. The van der Waals surface area contributed by atoms with Crippen molar-refractivity contribution in [1.29, 1.82) is 0 Å². The minimum absolute atomic E-state index is 0.104. The first-order chi connectivity index (χ1) is 17.7. The van der Waals surface area contributed by atoms with Crippen molar-refractivity contribution in [2.75, 3.05) is 13.2 Å². The normalized spacial score (nSPS) is 22.4. The van der Waals surface area contributed by atoms with Crippen LogP contribution in [-0.4, -0.2) is 43.8 Å². The van der Waals surface area contributed by atoms with E-state index in [1.807, 2.05) is 13.8 Å². The quantitative estimate of drug-likeness (QED) is 0.109. The van der Waals surface area contributed by atoms with Gasteiger partial charge in [-0.25, -0.2) is 0 Å². The second-order valence-corrected chi connectivity index (χ2v) is 18.2. The fourth-order valence-electron chi connectivity index (χ4n) is 6.73. The monoisotopic (exact) mass is 548 g/mol. The first-order valence-electron chi connectivity index (χ1n) is 14.7. The zero-order valence-electron chi connectivity index (χ0n) is 25.9. The van der Waals surface area contributed by atoms with Gasteiger partial charge in [-0.05, 0) is 74.1 Å². The number of carbonyl (C=O) groups is 2. The summed E-state index contributed by atoms with van der Waals surface area (Å²) in [4.78, 5) is 24.1. The summed E-state index contributed by atoms with van der Waals surface area (Å²) in [7, 11) is -2.06. The van der Waals surface area contributed by atoms with E-state index in [1.54, 1.807) is 0 Å². The Morgan fingerprint density at radius 1 is 0.974 bits per heavy atom. The molecule has 5 nitrogen and oxygen atoms in total. The first-order valence-corrected chi connectivity index (χ1v) is 16.8. The average Bonchev–Trinajstić information content (AvgIpc) is 3.03. The molecule has 3 atom stereocenters. The van der Waals surface area contributed by atoms with E-state index in [9.17, 15) is 19.8 Å². The lowest BCUT2D eigenvalue weighted by Crippen LogP contribution is -2.48. The first kappa shape index (κ1) is 34.5. The lowest BCUT2D eigenvalue weighted by Gasteiger charge is -2.43. The van der Waals surface area contributed by atoms with Crippen LogP contribution in [-0.2, 0) is 14.0 Å². The molecule has 0 bridgehead atoms. The van der Waals surface area contributed by atoms with Gasteiger partial charge in [0.05, 0.1) is 0 Å². The largest absolute Gasteiger partial charge is 0.504 e. The molecule has 0 aromatic heterocycles. The SMILES string of the molecule is C/C(=C\CC/C(C)=C/C[C@]1(C)C(=O)C(O)=C([C@H](C)CO)[C@H]1CCO[Si](C(C)C)(C(C)C)C(C)C)CCC=O. The fraction of sp³-hybridized carbons (Fsp3) is 0.750. The van der Waals surface area contributed by atoms with Crippen molar-refractivity contribution in [1.82, 2.24) is 0 Å². The van der Waals surface area contributed by atoms with Gasteiger partial charge in [0.25, 0.3) is 0 Å². The number of aldehydes is 1. The van der Waals surface area contributed by atoms with Gasteiger partial charge >= 0.3 is 0 Å². The zero-order valence-corrected chi connectivity index (χ0v) is 26.9. The number of ketones is 1. The molecule has 0 aromatic carbocycles. The van der Waals surface area contributed by atoms with E-state index < -0.39 is 13.7 Å². The van der Waals surface area contributed by atoms with Crippen LogP contribution in [0, 0.1) is 17.3 Å². The highest BCUT2D eigenvalue weighted by Gasteiger charge is 2.52. The second kappa shape index (κ2) is 15.3. The Kier molecular flexibility index (Phi) is 13.9. The van der Waals surface area contributed by atoms with E-state index in [1.165, 1.54) is 11.1 Å². The molecular weight excluding hydrogens is 492 g/mol. The van der Waals surface area contributed by atoms with Crippen LogP contribution in [0.1, 0.15) is 108 Å². The highest BCUT2D eigenvalue weighted by molar-refractivity contribution is 6.77. The number of rotatable bonds is 17. The zero-order chi connectivity index (χ0) is 29.3. The fourth-order valence-corrected chi connectivity index (χ4v) is 12.2. The van der Waals surface area contributed by atoms with E-state index in [2.05, 4.69) is 67.5 Å². The molecule has 1 aliphatic rings. The van der Waals surface area contributed by atoms with Crippen molar-refractivity contribution in [3.05, 3.63) is 34.6 Å². The molecule has 6 heteroatoms. The summed E-state index contributed by atoms with van der Waals surface area (Å²) < 4.78 is 6.85. The summed E-state index contributed by atoms with van der Waals surface area (Å²) in [6, 6.07) is 0. The maximum absolute atomic E-state index is 13.5. The van der Waals surface area contributed by atoms with Crippen LogP contribution in [0.15, 0.2) is 34.6 Å². The molecule has 38 heavy (non-hydrogen) atoms. The number of carbonyl (C=O) groups excluding carboxylic acids is 2. The van der Waals surface area contributed by atoms with Crippen molar-refractivity contribution in [2.24, 2.45) is 17.3 Å². The van der Waals surface area contributed by atoms with Gasteiger partial charge in [0.2, 0.25) is 5.78 Å². The Balaban J connectivity index is 3.16. The van der Waals surface area contributed by atoms with Gasteiger partial charge in [-0.15, -0.1) is 0 Å². The topological polar surface area (TPSA) is 83.8 Å². The number of aliphatic hydroxyl groups is 2. The second-order valence-electron chi connectivity index (χ2n) is 12.7. The van der Waals surface area contributed by atoms with Crippen LogP contribution in [0.2, 0.25) is 16.6 Å². The van der Waals surface area contributed by atoms with Crippen LogP contribution >= 0.6 is 0 Å². The number of Topliss-reactive ketones (excluding diaryl/α,β-unsaturated/α-hetero) is 1. The lowest BCUT2D eigenvalue weighted by molar-refractivity contribution is -0.126. The van der Waals surface area contributed by atoms with Crippen LogP contribution in [0.5, 0.6) is 0 Å². The highest BCUT2D eigenvalue weighted by atomic mass is 28.4. The maximum Gasteiger partial charge on any atom is 0.203 e. The third kappa shape index (κ3) is 8.01. The smallest absolute Gasteiger partial charge is 0.203 e. The van der Waals surface area contributed by atoms with Crippen LogP contribution in [0.4, 0.5) is 0 Å². The van der Waals surface area contributed by atoms with Crippen LogP contribution in [0.3, 0.4) is 0 Å². The highest BCUT2D eigenvalue weighted by Crippen LogP contribution is 2.51. The number of allylic oxidation sites excluding steroid dienone is 5. The molecule has 1 aliphatic carbocycles. The Morgan fingerprint density at radius 2 is 1.50 bits per heavy atom. The molecule has 0 amide bonds. The molecule has 2 N–H and O–H groups in total. The Morgan fingerprint density at radius 3 is 2.00 bits per heavy atom. The Labute approximate surface area is 234 Å². The summed E-state index contributed by atoms with van der Waals surface area (Å²) >= 11 is 0. The van der Waals surface area contributed by atoms with Gasteiger partial charge < -0.3 is 19.4 Å². The van der Waals surface area contributed by atoms with Crippen molar-refractivity contribution in [3.63, 3.8) is 0 Å². The number of aliphatic hydroxyl groups excluding tert-OH is 2. The third-order valence-corrected chi connectivity index (χ3v) is 15.1. The van der Waals surface area contributed by atoms with E-state index in [0.29, 0.717) is 48.1 Å². The summed E-state index contributed by atoms with van der Waals surface area (Å²) in [5, 5.41) is 20.9. The molecule has 0 radical (unpaired) electrons. The maximum atomic E-state index is 13.5. The third-order valence-electron chi connectivity index (χ3n) is 8.98. The predicted octanol–water partition coefficient (Wildman–Crippen LogP) is 8.26. The Hall–Kier alpha value is -1.50. The molecule has 0 saturated heterocycles.